The van der Waals surface area contributed by atoms with Gasteiger partial charge in [-0.25, -0.2) is 0 Å². The molecule has 3 heteroatoms. The lowest BCUT2D eigenvalue weighted by atomic mass is 9.79. The van der Waals surface area contributed by atoms with Gasteiger partial charge in [-0.2, -0.15) is 0 Å². The largest absolute Gasteiger partial charge is 0.550 e. The van der Waals surface area contributed by atoms with Crippen LogP contribution in [-0.2, 0) is 23.1 Å². The molecule has 1 rings (SSSR count). The maximum atomic E-state index is 10.8. The van der Waals surface area contributed by atoms with Crippen molar-refractivity contribution in [3.8, 4) is 5.75 Å². The summed E-state index contributed by atoms with van der Waals surface area (Å²) in [7, 11) is 0. The minimum atomic E-state index is -1.09. The monoisotopic (exact) mass is 277 g/mol. The smallest absolute Gasteiger partial charge is 0.122 e. The van der Waals surface area contributed by atoms with E-state index in [0.717, 1.165) is 36.8 Å². The molecule has 0 saturated carbocycles. The SMILES string of the molecule is CCCCc1cc(CC(=O)[O-])cc(C(C)(C)CC)c1O. The lowest BCUT2D eigenvalue weighted by Crippen LogP contribution is -2.25. The topological polar surface area (TPSA) is 60.4 Å². The third-order valence-electron chi connectivity index (χ3n) is 4.01. The molecule has 0 amide bonds. The standard InChI is InChI=1S/C17H26O3/c1-5-7-8-13-9-12(11-15(18)19)10-14(16(13)20)17(3,4)6-2/h9-10,20H,5-8,11H2,1-4H3,(H,18,19)/p-1. The van der Waals surface area contributed by atoms with Crippen LogP contribution in [0, 0.1) is 0 Å². The highest BCUT2D eigenvalue weighted by molar-refractivity contribution is 5.68. The molecule has 1 aromatic rings. The zero-order valence-electron chi connectivity index (χ0n) is 13.0. The van der Waals surface area contributed by atoms with Crippen molar-refractivity contribution < 1.29 is 15.0 Å². The highest BCUT2D eigenvalue weighted by atomic mass is 16.4. The zero-order chi connectivity index (χ0) is 15.3. The third kappa shape index (κ3) is 3.99. The van der Waals surface area contributed by atoms with E-state index >= 15 is 0 Å². The van der Waals surface area contributed by atoms with Crippen LogP contribution in [0.15, 0.2) is 12.1 Å². The molecule has 0 fully saturated rings. The fourth-order valence-electron chi connectivity index (χ4n) is 2.29. The van der Waals surface area contributed by atoms with E-state index in [0.29, 0.717) is 11.3 Å². The van der Waals surface area contributed by atoms with Crippen molar-refractivity contribution in [1.82, 2.24) is 0 Å². The number of carbonyl (C=O) groups excluding carboxylic acids is 1. The molecule has 3 nitrogen and oxygen atoms in total. The molecule has 0 aliphatic heterocycles. The molecule has 0 radical (unpaired) electrons. The van der Waals surface area contributed by atoms with Crippen LogP contribution in [0.25, 0.3) is 0 Å². The fourth-order valence-corrected chi connectivity index (χ4v) is 2.29. The Morgan fingerprint density at radius 2 is 1.95 bits per heavy atom. The summed E-state index contributed by atoms with van der Waals surface area (Å²) in [4.78, 5) is 10.8. The summed E-state index contributed by atoms with van der Waals surface area (Å²) in [6.45, 7) is 8.29. The number of unbranched alkanes of at least 4 members (excludes halogenated alkanes) is 1. The van der Waals surface area contributed by atoms with Gasteiger partial charge < -0.3 is 15.0 Å². The predicted octanol–water partition coefficient (Wildman–Crippen LogP) is 2.71. The van der Waals surface area contributed by atoms with Crippen LogP contribution >= 0.6 is 0 Å². The molecular weight excluding hydrogens is 252 g/mol. The number of hydrogen-bond donors (Lipinski definition) is 1. The third-order valence-corrected chi connectivity index (χ3v) is 4.01. The minimum Gasteiger partial charge on any atom is -0.550 e. The van der Waals surface area contributed by atoms with Gasteiger partial charge in [0, 0.05) is 18.0 Å². The second kappa shape index (κ2) is 6.78. The van der Waals surface area contributed by atoms with Gasteiger partial charge in [0.25, 0.3) is 0 Å². The van der Waals surface area contributed by atoms with E-state index in [1.807, 2.05) is 6.07 Å². The van der Waals surface area contributed by atoms with Crippen molar-refractivity contribution in [2.45, 2.75) is 65.2 Å². The van der Waals surface area contributed by atoms with Crippen LogP contribution in [0.5, 0.6) is 5.75 Å². The first kappa shape index (κ1) is 16.5. The molecule has 0 aromatic heterocycles. The summed E-state index contributed by atoms with van der Waals surface area (Å²) in [5, 5.41) is 21.3. The minimum absolute atomic E-state index is 0.105. The molecule has 1 N–H and O–H groups in total. The van der Waals surface area contributed by atoms with Gasteiger partial charge in [0.1, 0.15) is 5.75 Å². The Balaban J connectivity index is 3.30. The summed E-state index contributed by atoms with van der Waals surface area (Å²) in [6.07, 6.45) is 3.57. The number of aromatic hydroxyl groups is 1. The molecular formula is C17H25O3-. The van der Waals surface area contributed by atoms with Crippen LogP contribution in [0.4, 0.5) is 0 Å². The summed E-state index contributed by atoms with van der Waals surface area (Å²) in [6, 6.07) is 3.61. The number of hydrogen-bond acceptors (Lipinski definition) is 3. The van der Waals surface area contributed by atoms with Crippen LogP contribution in [0.3, 0.4) is 0 Å². The summed E-state index contributed by atoms with van der Waals surface area (Å²) >= 11 is 0. The van der Waals surface area contributed by atoms with Crippen LogP contribution in [0.2, 0.25) is 0 Å². The first-order chi connectivity index (χ1) is 9.31. The molecule has 0 aliphatic rings. The number of phenols is 1. The Hall–Kier alpha value is -1.51. The van der Waals surface area contributed by atoms with Crippen molar-refractivity contribution in [2.24, 2.45) is 0 Å². The van der Waals surface area contributed by atoms with Crippen molar-refractivity contribution in [1.29, 1.82) is 0 Å². The lowest BCUT2D eigenvalue weighted by molar-refractivity contribution is -0.304. The highest BCUT2D eigenvalue weighted by Gasteiger charge is 2.24. The summed E-state index contributed by atoms with van der Waals surface area (Å²) in [5.41, 5.74) is 2.23. The van der Waals surface area contributed by atoms with Crippen molar-refractivity contribution in [3.63, 3.8) is 0 Å². The van der Waals surface area contributed by atoms with E-state index in [9.17, 15) is 15.0 Å². The fraction of sp³-hybridized carbons (Fsp3) is 0.588. The van der Waals surface area contributed by atoms with E-state index in [4.69, 9.17) is 0 Å². The quantitative estimate of drug-likeness (QED) is 0.833. The molecule has 0 atom stereocenters. The molecule has 1 aromatic carbocycles. The molecule has 0 bridgehead atoms. The van der Waals surface area contributed by atoms with Gasteiger partial charge in [-0.3, -0.25) is 0 Å². The average molecular weight is 277 g/mol. The van der Waals surface area contributed by atoms with E-state index in [1.165, 1.54) is 0 Å². The first-order valence-electron chi connectivity index (χ1n) is 7.36. The maximum absolute atomic E-state index is 10.8. The molecule has 0 spiro atoms. The number of carboxylic acids is 1. The van der Waals surface area contributed by atoms with Crippen molar-refractivity contribution in [2.75, 3.05) is 0 Å². The number of phenolic OH excluding ortho intramolecular Hbond substituents is 1. The van der Waals surface area contributed by atoms with Gasteiger partial charge in [0.05, 0.1) is 0 Å². The summed E-state index contributed by atoms with van der Waals surface area (Å²) in [5.74, 6) is -0.759. The van der Waals surface area contributed by atoms with Crippen molar-refractivity contribution >= 4 is 5.97 Å². The molecule has 0 unspecified atom stereocenters. The Morgan fingerprint density at radius 1 is 1.30 bits per heavy atom. The van der Waals surface area contributed by atoms with Crippen molar-refractivity contribution in [3.05, 3.63) is 28.8 Å². The van der Waals surface area contributed by atoms with E-state index in [1.54, 1.807) is 6.07 Å². The molecule has 0 saturated heterocycles. The Morgan fingerprint density at radius 3 is 2.45 bits per heavy atom. The van der Waals surface area contributed by atoms with E-state index in [-0.39, 0.29) is 11.8 Å². The Bertz CT molecular complexity index is 475. The number of aryl methyl sites for hydroxylation is 1. The lowest BCUT2D eigenvalue weighted by Gasteiger charge is -2.26. The molecule has 0 aliphatic carbocycles. The second-order valence-corrected chi connectivity index (χ2v) is 6.04. The van der Waals surface area contributed by atoms with E-state index in [2.05, 4.69) is 27.7 Å². The normalized spacial score (nSPS) is 11.6. The molecule has 112 valence electrons. The van der Waals surface area contributed by atoms with Gasteiger partial charge >= 0.3 is 0 Å². The first-order valence-corrected chi connectivity index (χ1v) is 7.36. The number of carbonyl (C=O) groups is 1. The van der Waals surface area contributed by atoms with Gasteiger partial charge in [-0.1, -0.05) is 46.2 Å². The summed E-state index contributed by atoms with van der Waals surface area (Å²) < 4.78 is 0. The zero-order valence-corrected chi connectivity index (χ0v) is 13.0. The maximum Gasteiger partial charge on any atom is 0.122 e. The van der Waals surface area contributed by atoms with Crippen LogP contribution in [-0.4, -0.2) is 11.1 Å². The molecule has 0 heterocycles. The number of benzene rings is 1. The average Bonchev–Trinajstić information content (AvgIpc) is 2.38. The number of rotatable bonds is 7. The van der Waals surface area contributed by atoms with E-state index < -0.39 is 5.97 Å². The van der Waals surface area contributed by atoms with Gasteiger partial charge in [-0.15, -0.1) is 0 Å². The van der Waals surface area contributed by atoms with Gasteiger partial charge in [0.2, 0.25) is 0 Å². The van der Waals surface area contributed by atoms with Gasteiger partial charge in [0.15, 0.2) is 0 Å². The predicted molar refractivity (Wildman–Crippen MR) is 78.7 cm³/mol. The van der Waals surface area contributed by atoms with Gasteiger partial charge in [-0.05, 0) is 35.8 Å². The Labute approximate surface area is 121 Å². The number of carboxylic acid groups (broad SMARTS) is 1. The molecule has 20 heavy (non-hydrogen) atoms. The second-order valence-electron chi connectivity index (χ2n) is 6.04. The Kier molecular flexibility index (Phi) is 5.61. The number of aliphatic carboxylic acids is 1. The van der Waals surface area contributed by atoms with Crippen LogP contribution < -0.4 is 5.11 Å². The van der Waals surface area contributed by atoms with Crippen LogP contribution in [0.1, 0.15) is 63.6 Å². The highest BCUT2D eigenvalue weighted by Crippen LogP contribution is 2.37.